The number of aliphatic hydroxyl groups is 1. The highest BCUT2D eigenvalue weighted by Gasteiger charge is 2.24. The van der Waals surface area contributed by atoms with E-state index in [1.165, 1.54) is 6.33 Å². The molecule has 0 aliphatic heterocycles. The van der Waals surface area contributed by atoms with Crippen molar-refractivity contribution in [3.8, 4) is 22.4 Å². The molecule has 0 aliphatic carbocycles. The summed E-state index contributed by atoms with van der Waals surface area (Å²) in [7, 11) is 0. The topological polar surface area (TPSA) is 136 Å². The summed E-state index contributed by atoms with van der Waals surface area (Å²) < 4.78 is 8.71. The average molecular weight is 501 g/mol. The third-order valence-corrected chi connectivity index (χ3v) is 6.03. The number of aryl methyl sites for hydroxylation is 1. The minimum absolute atomic E-state index is 0.0218. The van der Waals surface area contributed by atoms with E-state index in [-0.39, 0.29) is 23.8 Å². The van der Waals surface area contributed by atoms with Crippen LogP contribution in [0.4, 0.5) is 0 Å². The molecule has 11 heteroatoms. The Bertz CT molecular complexity index is 1570. The number of fused-ring (bicyclic) bond motifs is 1. The quantitative estimate of drug-likeness (QED) is 0.348. The van der Waals surface area contributed by atoms with E-state index in [1.54, 1.807) is 15.4 Å². The number of hydrogen-bond acceptors (Lipinski definition) is 8. The zero-order valence-electron chi connectivity index (χ0n) is 21.1. The molecule has 11 nitrogen and oxygen atoms in total. The van der Waals surface area contributed by atoms with Crippen LogP contribution in [0.2, 0.25) is 0 Å². The first kappa shape index (κ1) is 24.3. The standard InChI is InChI=1S/C26H28N8O3/c1-16-9-17(5-6-18(16)11-27-24(36)23-31-25(37-32-23)26(2,3)4)22-21-10-19(14-34(21)30-15-28-22)20-12-29-33(13-20)7-8-35/h5-6,9-10,12-15,35H,7-8,11H2,1-4H3,(H,27,36). The summed E-state index contributed by atoms with van der Waals surface area (Å²) >= 11 is 0. The highest BCUT2D eigenvalue weighted by Crippen LogP contribution is 2.29. The van der Waals surface area contributed by atoms with Crippen molar-refractivity contribution in [1.29, 1.82) is 0 Å². The van der Waals surface area contributed by atoms with E-state index in [9.17, 15) is 4.79 Å². The van der Waals surface area contributed by atoms with Gasteiger partial charge in [-0.3, -0.25) is 9.48 Å². The molecule has 5 rings (SSSR count). The van der Waals surface area contributed by atoms with Crippen LogP contribution in [0, 0.1) is 6.92 Å². The van der Waals surface area contributed by atoms with Crippen molar-refractivity contribution in [2.75, 3.05) is 6.61 Å². The summed E-state index contributed by atoms with van der Waals surface area (Å²) in [6.45, 7) is 8.63. The second-order valence-corrected chi connectivity index (χ2v) is 9.88. The van der Waals surface area contributed by atoms with Gasteiger partial charge in [0.15, 0.2) is 0 Å². The second-order valence-electron chi connectivity index (χ2n) is 9.88. The van der Waals surface area contributed by atoms with Crippen molar-refractivity contribution in [2.24, 2.45) is 0 Å². The van der Waals surface area contributed by atoms with Gasteiger partial charge in [0, 0.05) is 41.0 Å². The van der Waals surface area contributed by atoms with Crippen molar-refractivity contribution in [2.45, 2.75) is 46.2 Å². The van der Waals surface area contributed by atoms with Gasteiger partial charge in [-0.15, -0.1) is 0 Å². The molecule has 4 aromatic heterocycles. The summed E-state index contributed by atoms with van der Waals surface area (Å²) in [5.74, 6) is 0.0543. The number of nitrogens with zero attached hydrogens (tertiary/aromatic N) is 7. The number of hydrogen-bond donors (Lipinski definition) is 2. The Balaban J connectivity index is 1.35. The van der Waals surface area contributed by atoms with E-state index in [1.807, 2.05) is 64.4 Å². The number of nitrogens with one attached hydrogen (secondary N) is 1. The predicted molar refractivity (Wildman–Crippen MR) is 136 cm³/mol. The Morgan fingerprint density at radius 1 is 1.11 bits per heavy atom. The van der Waals surface area contributed by atoms with Crippen LogP contribution in [0.15, 0.2) is 53.7 Å². The maximum atomic E-state index is 12.5. The lowest BCUT2D eigenvalue weighted by Crippen LogP contribution is -2.24. The van der Waals surface area contributed by atoms with Gasteiger partial charge in [-0.1, -0.05) is 38.1 Å². The van der Waals surface area contributed by atoms with Gasteiger partial charge in [0.1, 0.15) is 6.33 Å². The minimum atomic E-state index is -0.386. The van der Waals surface area contributed by atoms with E-state index >= 15 is 0 Å². The number of aliphatic hydroxyl groups excluding tert-OH is 1. The van der Waals surface area contributed by atoms with Gasteiger partial charge in [0.25, 0.3) is 11.7 Å². The van der Waals surface area contributed by atoms with E-state index in [0.717, 1.165) is 39.0 Å². The Hall–Kier alpha value is -4.38. The molecule has 37 heavy (non-hydrogen) atoms. The van der Waals surface area contributed by atoms with Crippen molar-refractivity contribution < 1.29 is 14.4 Å². The van der Waals surface area contributed by atoms with Crippen LogP contribution in [0.3, 0.4) is 0 Å². The smallest absolute Gasteiger partial charge is 0.292 e. The minimum Gasteiger partial charge on any atom is -0.394 e. The van der Waals surface area contributed by atoms with Crippen LogP contribution < -0.4 is 5.32 Å². The molecule has 2 N–H and O–H groups in total. The molecule has 4 heterocycles. The van der Waals surface area contributed by atoms with Gasteiger partial charge in [-0.2, -0.15) is 15.2 Å². The predicted octanol–water partition coefficient (Wildman–Crippen LogP) is 3.17. The lowest BCUT2D eigenvalue weighted by Gasteiger charge is -2.10. The number of carbonyl (C=O) groups is 1. The molecule has 190 valence electrons. The zero-order chi connectivity index (χ0) is 26.2. The first-order valence-corrected chi connectivity index (χ1v) is 11.9. The highest BCUT2D eigenvalue weighted by molar-refractivity contribution is 5.90. The molecular formula is C26H28N8O3. The maximum absolute atomic E-state index is 12.5. The van der Waals surface area contributed by atoms with Crippen molar-refractivity contribution in [3.05, 3.63) is 72.0 Å². The summed E-state index contributed by atoms with van der Waals surface area (Å²) in [5.41, 5.74) is 6.13. The normalized spacial score (nSPS) is 11.8. The lowest BCUT2D eigenvalue weighted by molar-refractivity contribution is 0.0937. The van der Waals surface area contributed by atoms with E-state index in [4.69, 9.17) is 9.63 Å². The molecule has 0 radical (unpaired) electrons. The van der Waals surface area contributed by atoms with Crippen LogP contribution in [-0.2, 0) is 18.5 Å². The zero-order valence-corrected chi connectivity index (χ0v) is 21.1. The summed E-state index contributed by atoms with van der Waals surface area (Å²) in [6, 6.07) is 8.02. The molecule has 0 aliphatic rings. The van der Waals surface area contributed by atoms with Gasteiger partial charge in [-0.25, -0.2) is 9.50 Å². The van der Waals surface area contributed by atoms with Gasteiger partial charge in [0.2, 0.25) is 5.89 Å². The average Bonchev–Trinajstić information content (AvgIpc) is 3.62. The second kappa shape index (κ2) is 9.58. The van der Waals surface area contributed by atoms with Crippen molar-refractivity contribution >= 4 is 11.4 Å². The molecule has 0 spiro atoms. The first-order chi connectivity index (χ1) is 17.7. The SMILES string of the molecule is Cc1cc(-c2ncnn3cc(-c4cnn(CCO)c4)cc23)ccc1CNC(=O)c1noc(C(C)(C)C)n1. The number of aromatic nitrogens is 7. The molecule has 0 unspecified atom stereocenters. The van der Waals surface area contributed by atoms with E-state index in [2.05, 4.69) is 30.6 Å². The Kier molecular flexibility index (Phi) is 6.30. The van der Waals surface area contributed by atoms with Gasteiger partial charge >= 0.3 is 0 Å². The summed E-state index contributed by atoms with van der Waals surface area (Å²) in [4.78, 5) is 21.3. The third-order valence-electron chi connectivity index (χ3n) is 6.03. The fourth-order valence-electron chi connectivity index (χ4n) is 3.96. The molecule has 0 bridgehead atoms. The third kappa shape index (κ3) is 4.98. The largest absolute Gasteiger partial charge is 0.394 e. The highest BCUT2D eigenvalue weighted by atomic mass is 16.5. The molecule has 0 saturated heterocycles. The van der Waals surface area contributed by atoms with Crippen molar-refractivity contribution in [1.82, 2.24) is 39.8 Å². The van der Waals surface area contributed by atoms with E-state index in [0.29, 0.717) is 19.0 Å². The maximum Gasteiger partial charge on any atom is 0.292 e. The summed E-state index contributed by atoms with van der Waals surface area (Å²) in [6.07, 6.45) is 7.12. The van der Waals surface area contributed by atoms with Crippen LogP contribution in [0.1, 0.15) is 48.4 Å². The van der Waals surface area contributed by atoms with E-state index < -0.39 is 0 Å². The number of benzene rings is 1. The molecular weight excluding hydrogens is 472 g/mol. The number of carbonyl (C=O) groups excluding carboxylic acids is 1. The first-order valence-electron chi connectivity index (χ1n) is 11.9. The monoisotopic (exact) mass is 500 g/mol. The van der Waals surface area contributed by atoms with Crippen LogP contribution in [0.25, 0.3) is 27.9 Å². The van der Waals surface area contributed by atoms with Gasteiger partial charge < -0.3 is 14.9 Å². The fourth-order valence-corrected chi connectivity index (χ4v) is 3.96. The van der Waals surface area contributed by atoms with Gasteiger partial charge in [0.05, 0.1) is 30.6 Å². The summed E-state index contributed by atoms with van der Waals surface area (Å²) in [5, 5.41) is 24.5. The molecule has 1 amide bonds. The van der Waals surface area contributed by atoms with Crippen LogP contribution in [0.5, 0.6) is 0 Å². The van der Waals surface area contributed by atoms with Crippen LogP contribution >= 0.6 is 0 Å². The number of rotatable bonds is 7. The lowest BCUT2D eigenvalue weighted by atomic mass is 9.97. The molecule has 0 atom stereocenters. The molecule has 5 aromatic rings. The Morgan fingerprint density at radius 3 is 2.68 bits per heavy atom. The molecule has 1 aromatic carbocycles. The molecule has 0 saturated carbocycles. The molecule has 0 fully saturated rings. The Morgan fingerprint density at radius 2 is 1.95 bits per heavy atom. The Labute approximate surface area is 213 Å². The van der Waals surface area contributed by atoms with Gasteiger partial charge in [-0.05, 0) is 30.2 Å². The number of amides is 1. The fraction of sp³-hybridized carbons (Fsp3) is 0.308. The van der Waals surface area contributed by atoms with Crippen LogP contribution in [-0.4, -0.2) is 52.1 Å². The van der Waals surface area contributed by atoms with Crippen molar-refractivity contribution in [3.63, 3.8) is 0 Å².